The van der Waals surface area contributed by atoms with Gasteiger partial charge in [0.15, 0.2) is 0 Å². The molecule has 1 heterocycles. The normalized spacial score (nSPS) is 16.3. The molecule has 0 spiro atoms. The molecule has 124 valence electrons. The molecule has 2 rings (SSSR count). The number of likely N-dealkylation sites (tertiary alicyclic amines) is 1. The molecule has 7 heteroatoms. The number of hydrogen-bond acceptors (Lipinski definition) is 2. The number of hydrogen-bond donors (Lipinski definition) is 1. The van der Waals surface area contributed by atoms with E-state index in [0.717, 1.165) is 32.4 Å². The van der Waals surface area contributed by atoms with Gasteiger partial charge in [-0.1, -0.05) is 0 Å². The number of benzene rings is 1. The van der Waals surface area contributed by atoms with Crippen LogP contribution in [0.4, 0.5) is 13.2 Å². The molecule has 0 bridgehead atoms. The van der Waals surface area contributed by atoms with Crippen LogP contribution < -0.4 is 5.73 Å². The van der Waals surface area contributed by atoms with Gasteiger partial charge in [0.05, 0.1) is 6.08 Å². The van der Waals surface area contributed by atoms with E-state index < -0.39 is 12.0 Å². The minimum atomic E-state index is -4.91. The van der Waals surface area contributed by atoms with E-state index >= 15 is 0 Å². The molecular weight excluding hydrogens is 309 g/mol. The van der Waals surface area contributed by atoms with Gasteiger partial charge in [0.25, 0.3) is 11.7 Å². The predicted molar refractivity (Wildman–Crippen MR) is 78.1 cm³/mol. The Morgan fingerprint density at radius 1 is 1.00 bits per heavy atom. The van der Waals surface area contributed by atoms with Gasteiger partial charge in [-0.2, -0.15) is 13.2 Å². The predicted octanol–water partition coefficient (Wildman–Crippen LogP) is 2.03. The number of quaternary nitrogens is 1. The zero-order chi connectivity index (χ0) is 17.0. The van der Waals surface area contributed by atoms with Gasteiger partial charge in [-0.05, 0) is 43.5 Å². The van der Waals surface area contributed by atoms with Gasteiger partial charge in [-0.3, -0.25) is 9.59 Å². The Bertz CT molecular complexity index is 615. The number of rotatable bonds is 3. The van der Waals surface area contributed by atoms with E-state index in [4.69, 9.17) is 0 Å². The van der Waals surface area contributed by atoms with Gasteiger partial charge in [0.2, 0.25) is 0 Å². The minimum Gasteiger partial charge on any atom is -0.339 e. The van der Waals surface area contributed by atoms with E-state index in [0.29, 0.717) is 17.2 Å². The molecule has 0 radical (unpaired) electrons. The molecule has 0 aliphatic carbocycles. The van der Waals surface area contributed by atoms with Crippen molar-refractivity contribution < 1.29 is 28.5 Å². The zero-order valence-electron chi connectivity index (χ0n) is 12.5. The van der Waals surface area contributed by atoms with Gasteiger partial charge >= 0.3 is 6.18 Å². The zero-order valence-corrected chi connectivity index (χ0v) is 12.5. The lowest BCUT2D eigenvalue weighted by Gasteiger charge is -2.26. The largest absolute Gasteiger partial charge is 0.454 e. The Morgan fingerprint density at radius 2 is 1.52 bits per heavy atom. The van der Waals surface area contributed by atoms with E-state index in [2.05, 4.69) is 5.73 Å². The highest BCUT2D eigenvalue weighted by Crippen LogP contribution is 2.19. The van der Waals surface area contributed by atoms with Crippen LogP contribution in [0.2, 0.25) is 0 Å². The SMILES string of the molecule is [NH3+]C(=CC(=O)C(F)(F)F)c1ccc(C(=O)N2CCCCC2)cc1. The quantitative estimate of drug-likeness (QED) is 0.863. The summed E-state index contributed by atoms with van der Waals surface area (Å²) in [4.78, 5) is 25.0. The maximum absolute atomic E-state index is 12.3. The first-order valence-corrected chi connectivity index (χ1v) is 7.33. The second-order valence-electron chi connectivity index (χ2n) is 5.46. The van der Waals surface area contributed by atoms with Gasteiger partial charge in [0, 0.05) is 24.2 Å². The number of alkyl halides is 3. The molecule has 1 aliphatic heterocycles. The molecule has 3 N–H and O–H groups in total. The highest BCUT2D eigenvalue weighted by molar-refractivity contribution is 5.99. The summed E-state index contributed by atoms with van der Waals surface area (Å²) in [7, 11) is 0. The molecule has 1 aromatic carbocycles. The Kier molecular flexibility index (Phi) is 5.20. The number of piperidine rings is 1. The monoisotopic (exact) mass is 327 g/mol. The van der Waals surface area contributed by atoms with Crippen LogP contribution >= 0.6 is 0 Å². The summed E-state index contributed by atoms with van der Waals surface area (Å²) in [6.07, 6.45) is -1.37. The van der Waals surface area contributed by atoms with Gasteiger partial charge < -0.3 is 10.6 Å². The summed E-state index contributed by atoms with van der Waals surface area (Å²) in [6, 6.07) is 6.09. The van der Waals surface area contributed by atoms with Crippen molar-refractivity contribution in [2.24, 2.45) is 0 Å². The number of carbonyl (C=O) groups excluding carboxylic acids is 2. The molecule has 0 saturated carbocycles. The highest BCUT2D eigenvalue weighted by Gasteiger charge is 2.37. The number of ketones is 1. The van der Waals surface area contributed by atoms with Crippen molar-refractivity contribution in [3.8, 4) is 0 Å². The number of halogens is 3. The second-order valence-corrected chi connectivity index (χ2v) is 5.46. The average molecular weight is 327 g/mol. The Labute approximate surface area is 131 Å². The van der Waals surface area contributed by atoms with E-state index in [1.54, 1.807) is 17.0 Å². The van der Waals surface area contributed by atoms with Crippen molar-refractivity contribution in [2.75, 3.05) is 13.1 Å². The molecule has 1 fully saturated rings. The standard InChI is InChI=1S/C16H17F3N2O2/c17-16(18,19)14(22)10-13(20)11-4-6-12(7-5-11)15(23)21-8-2-1-3-9-21/h4-7,10H,1-3,8-9,20H2/p+1. The number of carbonyl (C=O) groups is 2. The summed E-state index contributed by atoms with van der Waals surface area (Å²) >= 11 is 0. The van der Waals surface area contributed by atoms with E-state index in [1.165, 1.54) is 12.1 Å². The minimum absolute atomic E-state index is 0.0377. The van der Waals surface area contributed by atoms with Crippen molar-refractivity contribution in [3.63, 3.8) is 0 Å². The maximum Gasteiger partial charge on any atom is 0.454 e. The van der Waals surface area contributed by atoms with E-state index in [1.807, 2.05) is 0 Å². The van der Waals surface area contributed by atoms with E-state index in [-0.39, 0.29) is 11.6 Å². The fourth-order valence-corrected chi connectivity index (χ4v) is 2.43. The summed E-state index contributed by atoms with van der Waals surface area (Å²) in [6.45, 7) is 1.45. The summed E-state index contributed by atoms with van der Waals surface area (Å²) in [5.41, 5.74) is 4.28. The molecule has 0 aromatic heterocycles. The lowest BCUT2D eigenvalue weighted by Crippen LogP contribution is -2.46. The van der Waals surface area contributed by atoms with Gasteiger partial charge in [0.1, 0.15) is 5.70 Å². The van der Waals surface area contributed by atoms with Crippen LogP contribution in [-0.2, 0) is 4.79 Å². The van der Waals surface area contributed by atoms with Crippen LogP contribution in [0.5, 0.6) is 0 Å². The van der Waals surface area contributed by atoms with Crippen molar-refractivity contribution in [1.29, 1.82) is 0 Å². The fraction of sp³-hybridized carbons (Fsp3) is 0.375. The molecule has 23 heavy (non-hydrogen) atoms. The fourth-order valence-electron chi connectivity index (χ4n) is 2.43. The smallest absolute Gasteiger partial charge is 0.339 e. The van der Waals surface area contributed by atoms with Crippen LogP contribution in [0.15, 0.2) is 30.3 Å². The third-order valence-electron chi connectivity index (χ3n) is 3.73. The van der Waals surface area contributed by atoms with E-state index in [9.17, 15) is 22.8 Å². The second kappa shape index (κ2) is 6.95. The lowest BCUT2D eigenvalue weighted by molar-refractivity contribution is -0.244. The third-order valence-corrected chi connectivity index (χ3v) is 3.73. The van der Waals surface area contributed by atoms with Crippen LogP contribution in [-0.4, -0.2) is 35.9 Å². The van der Waals surface area contributed by atoms with Crippen LogP contribution in [0, 0.1) is 0 Å². The van der Waals surface area contributed by atoms with Crippen molar-refractivity contribution in [2.45, 2.75) is 25.4 Å². The van der Waals surface area contributed by atoms with Crippen LogP contribution in [0.1, 0.15) is 35.2 Å². The lowest BCUT2D eigenvalue weighted by atomic mass is 10.1. The summed E-state index contributed by atoms with van der Waals surface area (Å²) < 4.78 is 36.7. The molecule has 1 aromatic rings. The molecule has 1 saturated heterocycles. The molecular formula is C16H18F3N2O2+. The first-order valence-electron chi connectivity index (χ1n) is 7.33. The highest BCUT2D eigenvalue weighted by atomic mass is 19.4. The topological polar surface area (TPSA) is 65.0 Å². The first-order chi connectivity index (χ1) is 10.8. The molecule has 1 amide bonds. The van der Waals surface area contributed by atoms with Crippen molar-refractivity contribution in [1.82, 2.24) is 4.90 Å². The number of nitrogens with zero attached hydrogens (tertiary/aromatic N) is 1. The third kappa shape index (κ3) is 4.41. The van der Waals surface area contributed by atoms with Gasteiger partial charge in [-0.25, -0.2) is 0 Å². The van der Waals surface area contributed by atoms with Crippen molar-refractivity contribution >= 4 is 17.4 Å². The first kappa shape index (κ1) is 17.2. The summed E-state index contributed by atoms with van der Waals surface area (Å²) in [5.74, 6) is -2.03. The van der Waals surface area contributed by atoms with Gasteiger partial charge in [-0.15, -0.1) is 0 Å². The van der Waals surface area contributed by atoms with Crippen LogP contribution in [0.25, 0.3) is 5.70 Å². The molecule has 4 nitrogen and oxygen atoms in total. The molecule has 0 unspecified atom stereocenters. The molecule has 1 aliphatic rings. The average Bonchev–Trinajstić information content (AvgIpc) is 2.54. The molecule has 0 atom stereocenters. The van der Waals surface area contributed by atoms with Crippen molar-refractivity contribution in [3.05, 3.63) is 41.5 Å². The number of allylic oxidation sites excluding steroid dienone is 1. The Morgan fingerprint density at radius 3 is 2.04 bits per heavy atom. The number of amides is 1. The maximum atomic E-state index is 12.3. The Balaban J connectivity index is 2.11. The van der Waals surface area contributed by atoms with Crippen LogP contribution in [0.3, 0.4) is 0 Å². The Hall–Kier alpha value is -2.15. The summed E-state index contributed by atoms with van der Waals surface area (Å²) in [5, 5.41) is 0.